The molecule has 1 heterocycles. The number of carbonyl (C=O) groups is 1. The predicted octanol–water partition coefficient (Wildman–Crippen LogP) is 2.11. The van der Waals surface area contributed by atoms with Crippen molar-refractivity contribution >= 4 is 11.5 Å². The lowest BCUT2D eigenvalue weighted by Crippen LogP contribution is -2.11. The summed E-state index contributed by atoms with van der Waals surface area (Å²) in [5, 5.41) is 4.14. The first-order chi connectivity index (χ1) is 8.22. The third-order valence-corrected chi connectivity index (χ3v) is 2.56. The summed E-state index contributed by atoms with van der Waals surface area (Å²) in [4.78, 5) is 12.2. The number of ketones is 1. The molecule has 0 saturated carbocycles. The van der Waals surface area contributed by atoms with E-state index in [1.807, 2.05) is 0 Å². The number of nitrogen functional groups attached to an aromatic ring is 1. The van der Waals surface area contributed by atoms with Crippen molar-refractivity contribution < 1.29 is 4.79 Å². The van der Waals surface area contributed by atoms with E-state index in [9.17, 15) is 4.79 Å². The standard InChI is InChI=1S/C13H15N3O/c1-2-9-16-12(7-8-15-16)13(17)10-3-5-11(14)6-4-10/h3-8H,2,9,14H2,1H3. The van der Waals surface area contributed by atoms with Gasteiger partial charge < -0.3 is 5.73 Å². The van der Waals surface area contributed by atoms with Gasteiger partial charge in [-0.3, -0.25) is 9.48 Å². The molecule has 0 aliphatic carbocycles. The summed E-state index contributed by atoms with van der Waals surface area (Å²) in [6.45, 7) is 2.81. The van der Waals surface area contributed by atoms with Gasteiger partial charge in [-0.2, -0.15) is 5.10 Å². The molecule has 0 spiro atoms. The molecule has 0 fully saturated rings. The van der Waals surface area contributed by atoms with E-state index in [0.29, 0.717) is 16.9 Å². The van der Waals surface area contributed by atoms with E-state index in [4.69, 9.17) is 5.73 Å². The van der Waals surface area contributed by atoms with E-state index in [-0.39, 0.29) is 5.78 Å². The molecule has 1 aromatic heterocycles. The first-order valence-electron chi connectivity index (χ1n) is 5.64. The summed E-state index contributed by atoms with van der Waals surface area (Å²) in [7, 11) is 0. The Kier molecular flexibility index (Phi) is 3.23. The molecule has 4 heteroatoms. The number of nitrogens with two attached hydrogens (primary N) is 1. The second-order valence-corrected chi connectivity index (χ2v) is 3.89. The third-order valence-electron chi connectivity index (χ3n) is 2.56. The minimum atomic E-state index is -0.0176. The van der Waals surface area contributed by atoms with Crippen LogP contribution in [0.1, 0.15) is 29.4 Å². The Morgan fingerprint density at radius 2 is 2.00 bits per heavy atom. The van der Waals surface area contributed by atoms with Gasteiger partial charge in [0.1, 0.15) is 5.69 Å². The first kappa shape index (κ1) is 11.4. The fourth-order valence-corrected chi connectivity index (χ4v) is 1.70. The van der Waals surface area contributed by atoms with E-state index in [0.717, 1.165) is 13.0 Å². The van der Waals surface area contributed by atoms with E-state index >= 15 is 0 Å². The lowest BCUT2D eigenvalue weighted by molar-refractivity contribution is 0.102. The highest BCUT2D eigenvalue weighted by Gasteiger charge is 2.13. The van der Waals surface area contributed by atoms with E-state index < -0.39 is 0 Å². The quantitative estimate of drug-likeness (QED) is 0.645. The van der Waals surface area contributed by atoms with Crippen molar-refractivity contribution in [2.75, 3.05) is 5.73 Å². The van der Waals surface area contributed by atoms with Crippen LogP contribution in [0.2, 0.25) is 0 Å². The van der Waals surface area contributed by atoms with Crippen molar-refractivity contribution in [3.8, 4) is 0 Å². The lowest BCUT2D eigenvalue weighted by Gasteiger charge is -2.05. The number of aryl methyl sites for hydroxylation is 1. The Bertz CT molecular complexity index is 514. The smallest absolute Gasteiger partial charge is 0.211 e. The highest BCUT2D eigenvalue weighted by molar-refractivity contribution is 6.07. The third kappa shape index (κ3) is 2.36. The maximum atomic E-state index is 12.2. The van der Waals surface area contributed by atoms with Crippen molar-refractivity contribution in [1.82, 2.24) is 9.78 Å². The summed E-state index contributed by atoms with van der Waals surface area (Å²) in [5.41, 5.74) is 7.51. The molecule has 0 aliphatic heterocycles. The molecule has 88 valence electrons. The molecule has 0 radical (unpaired) electrons. The fraction of sp³-hybridized carbons (Fsp3) is 0.231. The molecule has 0 saturated heterocycles. The maximum absolute atomic E-state index is 12.2. The Hall–Kier alpha value is -2.10. The molecular formula is C13H15N3O. The second-order valence-electron chi connectivity index (χ2n) is 3.89. The molecule has 2 aromatic rings. The van der Waals surface area contributed by atoms with Gasteiger partial charge in [0.15, 0.2) is 0 Å². The molecule has 0 bridgehead atoms. The van der Waals surface area contributed by atoms with Gasteiger partial charge in [-0.15, -0.1) is 0 Å². The van der Waals surface area contributed by atoms with Gasteiger partial charge in [0.05, 0.1) is 0 Å². The fourth-order valence-electron chi connectivity index (χ4n) is 1.70. The highest BCUT2D eigenvalue weighted by atomic mass is 16.1. The van der Waals surface area contributed by atoms with Gasteiger partial charge in [0, 0.05) is 24.0 Å². The van der Waals surface area contributed by atoms with Gasteiger partial charge in [0.2, 0.25) is 5.78 Å². The largest absolute Gasteiger partial charge is 0.399 e. The summed E-state index contributed by atoms with van der Waals surface area (Å²) in [6.07, 6.45) is 2.60. The SMILES string of the molecule is CCCn1nccc1C(=O)c1ccc(N)cc1. The molecule has 0 unspecified atom stereocenters. The molecule has 0 aliphatic rings. The summed E-state index contributed by atoms with van der Waals surface area (Å²) < 4.78 is 1.73. The van der Waals surface area contributed by atoms with Gasteiger partial charge in [-0.05, 0) is 36.8 Å². The van der Waals surface area contributed by atoms with Crippen molar-refractivity contribution in [3.05, 3.63) is 47.8 Å². The molecule has 0 atom stereocenters. The van der Waals surface area contributed by atoms with Crippen molar-refractivity contribution in [1.29, 1.82) is 0 Å². The zero-order chi connectivity index (χ0) is 12.3. The van der Waals surface area contributed by atoms with Crippen LogP contribution in [0.25, 0.3) is 0 Å². The number of rotatable bonds is 4. The first-order valence-corrected chi connectivity index (χ1v) is 5.64. The number of anilines is 1. The average molecular weight is 229 g/mol. The second kappa shape index (κ2) is 4.82. The summed E-state index contributed by atoms with van der Waals surface area (Å²) in [6, 6.07) is 8.68. The minimum absolute atomic E-state index is 0.0176. The minimum Gasteiger partial charge on any atom is -0.399 e. The monoisotopic (exact) mass is 229 g/mol. The Balaban J connectivity index is 2.30. The van der Waals surface area contributed by atoms with E-state index in [1.165, 1.54) is 0 Å². The number of carbonyl (C=O) groups excluding carboxylic acids is 1. The van der Waals surface area contributed by atoms with E-state index in [2.05, 4.69) is 12.0 Å². The zero-order valence-electron chi connectivity index (χ0n) is 9.76. The van der Waals surface area contributed by atoms with Crippen molar-refractivity contribution in [3.63, 3.8) is 0 Å². The topological polar surface area (TPSA) is 60.9 Å². The van der Waals surface area contributed by atoms with Crippen LogP contribution in [0.3, 0.4) is 0 Å². The van der Waals surface area contributed by atoms with Gasteiger partial charge in [-0.1, -0.05) is 6.92 Å². The molecular weight excluding hydrogens is 214 g/mol. The van der Waals surface area contributed by atoms with Gasteiger partial charge in [0.25, 0.3) is 0 Å². The van der Waals surface area contributed by atoms with Crippen LogP contribution < -0.4 is 5.73 Å². The average Bonchev–Trinajstić information content (AvgIpc) is 2.78. The highest BCUT2D eigenvalue weighted by Crippen LogP contribution is 2.12. The maximum Gasteiger partial charge on any atom is 0.211 e. The summed E-state index contributed by atoms with van der Waals surface area (Å²) in [5.74, 6) is -0.0176. The van der Waals surface area contributed by atoms with Crippen LogP contribution in [-0.2, 0) is 6.54 Å². The number of hydrogen-bond acceptors (Lipinski definition) is 3. The number of nitrogens with zero attached hydrogens (tertiary/aromatic N) is 2. The van der Waals surface area contributed by atoms with Crippen LogP contribution in [0.15, 0.2) is 36.5 Å². The molecule has 1 aromatic carbocycles. The molecule has 2 rings (SSSR count). The molecule has 4 nitrogen and oxygen atoms in total. The van der Waals surface area contributed by atoms with E-state index in [1.54, 1.807) is 41.2 Å². The molecule has 17 heavy (non-hydrogen) atoms. The number of aromatic nitrogens is 2. The van der Waals surface area contributed by atoms with Crippen LogP contribution in [0.4, 0.5) is 5.69 Å². The molecule has 2 N–H and O–H groups in total. The van der Waals surface area contributed by atoms with Gasteiger partial charge >= 0.3 is 0 Å². The number of hydrogen-bond donors (Lipinski definition) is 1. The normalized spacial score (nSPS) is 10.4. The zero-order valence-corrected chi connectivity index (χ0v) is 9.76. The molecule has 0 amide bonds. The van der Waals surface area contributed by atoms with Crippen LogP contribution in [0.5, 0.6) is 0 Å². The van der Waals surface area contributed by atoms with Crippen LogP contribution >= 0.6 is 0 Å². The summed E-state index contributed by atoms with van der Waals surface area (Å²) >= 11 is 0. The Morgan fingerprint density at radius 3 is 2.65 bits per heavy atom. The predicted molar refractivity (Wildman–Crippen MR) is 66.8 cm³/mol. The van der Waals surface area contributed by atoms with Crippen LogP contribution in [0, 0.1) is 0 Å². The Morgan fingerprint density at radius 1 is 1.29 bits per heavy atom. The van der Waals surface area contributed by atoms with Crippen LogP contribution in [-0.4, -0.2) is 15.6 Å². The number of benzene rings is 1. The lowest BCUT2D eigenvalue weighted by atomic mass is 10.1. The Labute approximate surface area is 100 Å². The van der Waals surface area contributed by atoms with Crippen molar-refractivity contribution in [2.45, 2.75) is 19.9 Å². The van der Waals surface area contributed by atoms with Gasteiger partial charge in [-0.25, -0.2) is 0 Å². The van der Waals surface area contributed by atoms with Crippen molar-refractivity contribution in [2.24, 2.45) is 0 Å².